The number of rotatable bonds is 6. The molecule has 0 unspecified atom stereocenters. The Kier molecular flexibility index (Phi) is 5.70. The summed E-state index contributed by atoms with van der Waals surface area (Å²) in [7, 11) is 1.82. The molecular formula is C18H29N7O. The first-order valence-corrected chi connectivity index (χ1v) is 9.52. The average molecular weight is 359 g/mol. The Morgan fingerprint density at radius 1 is 1.31 bits per heavy atom. The predicted octanol–water partition coefficient (Wildman–Crippen LogP) is 2.40. The van der Waals surface area contributed by atoms with Gasteiger partial charge in [0.05, 0.1) is 11.7 Å². The number of carbonyl (C=O) groups excluding carboxylic acids is 1. The van der Waals surface area contributed by atoms with Crippen LogP contribution < -0.4 is 10.6 Å². The zero-order valence-electron chi connectivity index (χ0n) is 16.1. The molecule has 0 spiro atoms. The van der Waals surface area contributed by atoms with Crippen molar-refractivity contribution in [2.24, 2.45) is 7.05 Å². The number of hydrogen-bond acceptors (Lipinski definition) is 5. The number of aryl methyl sites for hydroxylation is 2. The van der Waals surface area contributed by atoms with Crippen molar-refractivity contribution in [3.8, 4) is 0 Å². The molecule has 3 rings (SSSR count). The van der Waals surface area contributed by atoms with E-state index in [-0.39, 0.29) is 11.9 Å². The highest BCUT2D eigenvalue weighted by atomic mass is 16.2. The fourth-order valence-corrected chi connectivity index (χ4v) is 3.53. The van der Waals surface area contributed by atoms with Crippen LogP contribution in [0.15, 0.2) is 6.07 Å². The maximum absolute atomic E-state index is 12.9. The van der Waals surface area contributed by atoms with Gasteiger partial charge in [-0.3, -0.25) is 14.8 Å². The molecule has 8 nitrogen and oxygen atoms in total. The van der Waals surface area contributed by atoms with Gasteiger partial charge in [-0.05, 0) is 51.8 Å². The van der Waals surface area contributed by atoms with Crippen LogP contribution in [0.1, 0.15) is 73.5 Å². The van der Waals surface area contributed by atoms with Crippen molar-refractivity contribution in [3.63, 3.8) is 0 Å². The number of amides is 1. The molecule has 8 heteroatoms. The van der Waals surface area contributed by atoms with Crippen LogP contribution in [0.2, 0.25) is 0 Å². The largest absolute Gasteiger partial charge is 0.317 e. The smallest absolute Gasteiger partial charge is 0.276 e. The van der Waals surface area contributed by atoms with Gasteiger partial charge in [0.25, 0.3) is 5.91 Å². The van der Waals surface area contributed by atoms with E-state index < -0.39 is 0 Å². The second-order valence-electron chi connectivity index (χ2n) is 6.98. The van der Waals surface area contributed by atoms with E-state index in [0.717, 1.165) is 50.3 Å². The molecule has 0 aliphatic carbocycles. The Hall–Kier alpha value is -2.22. The van der Waals surface area contributed by atoms with Gasteiger partial charge >= 0.3 is 0 Å². The van der Waals surface area contributed by atoms with Gasteiger partial charge in [-0.1, -0.05) is 13.8 Å². The van der Waals surface area contributed by atoms with Crippen LogP contribution in [0.4, 0.5) is 5.95 Å². The Bertz CT molecular complexity index is 754. The van der Waals surface area contributed by atoms with E-state index in [1.54, 1.807) is 4.68 Å². The molecule has 2 N–H and O–H groups in total. The lowest BCUT2D eigenvalue weighted by atomic mass is 9.98. The van der Waals surface area contributed by atoms with Gasteiger partial charge in [0.1, 0.15) is 5.69 Å². The lowest BCUT2D eigenvalue weighted by molar-refractivity contribution is 0.101. The van der Waals surface area contributed by atoms with Gasteiger partial charge in [-0.15, -0.1) is 0 Å². The van der Waals surface area contributed by atoms with Crippen LogP contribution in [0.3, 0.4) is 0 Å². The summed E-state index contributed by atoms with van der Waals surface area (Å²) in [6, 6.07) is 2.05. The molecule has 1 amide bonds. The standard InChI is InChI=1S/C18H29N7O/c1-5-14(6-2)25-15(11-12(3)22-25)17(26)21-18-20-16(23-24(18)4)13-7-9-19-10-8-13/h11,13-14,19H,5-10H2,1-4H3,(H,20,21,23,26). The van der Waals surface area contributed by atoms with E-state index in [9.17, 15) is 4.79 Å². The highest BCUT2D eigenvalue weighted by molar-refractivity contribution is 6.02. The van der Waals surface area contributed by atoms with E-state index in [0.29, 0.717) is 17.6 Å². The Morgan fingerprint density at radius 3 is 2.65 bits per heavy atom. The average Bonchev–Trinajstić information content (AvgIpc) is 3.20. The Morgan fingerprint density at radius 2 is 2.00 bits per heavy atom. The first kappa shape index (κ1) is 18.6. The lowest BCUT2D eigenvalue weighted by Gasteiger charge is -2.19. The van der Waals surface area contributed by atoms with Crippen molar-refractivity contribution < 1.29 is 4.79 Å². The van der Waals surface area contributed by atoms with Crippen LogP contribution in [-0.4, -0.2) is 43.5 Å². The first-order valence-electron chi connectivity index (χ1n) is 9.52. The molecule has 1 saturated heterocycles. The normalized spacial score (nSPS) is 15.6. The van der Waals surface area contributed by atoms with E-state index in [1.165, 1.54) is 0 Å². The second-order valence-corrected chi connectivity index (χ2v) is 6.98. The van der Waals surface area contributed by atoms with Crippen LogP contribution >= 0.6 is 0 Å². The molecule has 2 aromatic rings. The molecule has 0 bridgehead atoms. The topological polar surface area (TPSA) is 89.7 Å². The number of piperidine rings is 1. The third-order valence-corrected chi connectivity index (χ3v) is 5.09. The summed E-state index contributed by atoms with van der Waals surface area (Å²) in [5.41, 5.74) is 1.41. The molecule has 0 saturated carbocycles. The number of carbonyl (C=O) groups is 1. The van der Waals surface area contributed by atoms with Crippen molar-refractivity contribution in [2.45, 2.75) is 58.4 Å². The molecule has 1 fully saturated rings. The fraction of sp³-hybridized carbons (Fsp3) is 0.667. The Balaban J connectivity index is 1.79. The predicted molar refractivity (Wildman–Crippen MR) is 100 cm³/mol. The van der Waals surface area contributed by atoms with Gasteiger partial charge in [-0.25, -0.2) is 4.68 Å². The molecule has 1 aliphatic rings. The molecule has 1 aliphatic heterocycles. The van der Waals surface area contributed by atoms with Gasteiger partial charge in [0.2, 0.25) is 5.95 Å². The van der Waals surface area contributed by atoms with Crippen molar-refractivity contribution >= 4 is 11.9 Å². The summed E-state index contributed by atoms with van der Waals surface area (Å²) in [5, 5.41) is 15.3. The van der Waals surface area contributed by atoms with Gasteiger partial charge in [-0.2, -0.15) is 15.2 Å². The minimum Gasteiger partial charge on any atom is -0.317 e. The summed E-state index contributed by atoms with van der Waals surface area (Å²) < 4.78 is 3.49. The van der Waals surface area contributed by atoms with Gasteiger partial charge in [0.15, 0.2) is 5.82 Å². The van der Waals surface area contributed by atoms with Crippen LogP contribution in [0, 0.1) is 6.92 Å². The maximum atomic E-state index is 12.9. The SMILES string of the molecule is CCC(CC)n1nc(C)cc1C(=O)Nc1nc(C2CCNCC2)nn1C. The van der Waals surface area contributed by atoms with E-state index in [2.05, 4.69) is 39.7 Å². The summed E-state index contributed by atoms with van der Waals surface area (Å²) in [4.78, 5) is 17.4. The summed E-state index contributed by atoms with van der Waals surface area (Å²) in [6.45, 7) is 8.10. The van der Waals surface area contributed by atoms with Crippen LogP contribution in [0.5, 0.6) is 0 Å². The molecule has 0 radical (unpaired) electrons. The molecule has 142 valence electrons. The first-order chi connectivity index (χ1) is 12.5. The number of nitrogens with one attached hydrogen (secondary N) is 2. The summed E-state index contributed by atoms with van der Waals surface area (Å²) in [6.07, 6.45) is 3.92. The number of nitrogens with zero attached hydrogens (tertiary/aromatic N) is 5. The minimum absolute atomic E-state index is 0.190. The minimum atomic E-state index is -0.190. The zero-order valence-corrected chi connectivity index (χ0v) is 16.1. The number of hydrogen-bond donors (Lipinski definition) is 2. The Labute approximate surface area is 154 Å². The second kappa shape index (κ2) is 7.99. The third-order valence-electron chi connectivity index (χ3n) is 5.09. The quantitative estimate of drug-likeness (QED) is 0.827. The summed E-state index contributed by atoms with van der Waals surface area (Å²) >= 11 is 0. The molecule has 3 heterocycles. The zero-order chi connectivity index (χ0) is 18.7. The van der Waals surface area contributed by atoms with Crippen LogP contribution in [0.25, 0.3) is 0 Å². The fourth-order valence-electron chi connectivity index (χ4n) is 3.53. The highest BCUT2D eigenvalue weighted by Crippen LogP contribution is 2.24. The third kappa shape index (κ3) is 3.80. The lowest BCUT2D eigenvalue weighted by Crippen LogP contribution is -2.27. The van der Waals surface area contributed by atoms with E-state index in [1.807, 2.05) is 24.7 Å². The molecule has 26 heavy (non-hydrogen) atoms. The summed E-state index contributed by atoms with van der Waals surface area (Å²) in [5.74, 6) is 1.46. The van der Waals surface area contributed by atoms with Gasteiger partial charge < -0.3 is 5.32 Å². The van der Waals surface area contributed by atoms with Crippen molar-refractivity contribution in [1.82, 2.24) is 29.9 Å². The molecular weight excluding hydrogens is 330 g/mol. The number of aromatic nitrogens is 5. The van der Waals surface area contributed by atoms with Crippen LogP contribution in [-0.2, 0) is 7.05 Å². The molecule has 0 aromatic carbocycles. The van der Waals surface area contributed by atoms with Crippen molar-refractivity contribution in [2.75, 3.05) is 18.4 Å². The van der Waals surface area contributed by atoms with Crippen molar-refractivity contribution in [3.05, 3.63) is 23.3 Å². The van der Waals surface area contributed by atoms with Gasteiger partial charge in [0, 0.05) is 13.0 Å². The monoisotopic (exact) mass is 359 g/mol. The maximum Gasteiger partial charge on any atom is 0.276 e. The molecule has 0 atom stereocenters. The number of anilines is 1. The van der Waals surface area contributed by atoms with Crippen molar-refractivity contribution in [1.29, 1.82) is 0 Å². The highest BCUT2D eigenvalue weighted by Gasteiger charge is 2.23. The molecule has 2 aromatic heterocycles. The van der Waals surface area contributed by atoms with E-state index >= 15 is 0 Å². The van der Waals surface area contributed by atoms with E-state index in [4.69, 9.17) is 0 Å².